The summed E-state index contributed by atoms with van der Waals surface area (Å²) in [4.78, 5) is 21.2. The van der Waals surface area contributed by atoms with Crippen molar-refractivity contribution in [3.05, 3.63) is 46.4 Å². The van der Waals surface area contributed by atoms with Crippen LogP contribution in [0, 0.1) is 6.92 Å². The second-order valence-electron chi connectivity index (χ2n) is 5.83. The number of pyridine rings is 1. The Morgan fingerprint density at radius 2 is 2.35 bits per heavy atom. The normalized spacial score (nSPS) is 17.4. The van der Waals surface area contributed by atoms with Crippen LogP contribution >= 0.6 is 11.3 Å². The second-order valence-corrected chi connectivity index (χ2v) is 7.15. The second kappa shape index (κ2) is 7.59. The predicted octanol–water partition coefficient (Wildman–Crippen LogP) is 3.97. The molecule has 0 bridgehead atoms. The molecule has 1 saturated heterocycles. The average Bonchev–Trinajstić information content (AvgIpc) is 3.21. The Balaban J connectivity index is 1.47. The molecule has 5 heteroatoms. The van der Waals surface area contributed by atoms with Gasteiger partial charge in [-0.25, -0.2) is 0 Å². The summed E-state index contributed by atoms with van der Waals surface area (Å²) in [6.07, 6.45) is 6.87. The molecule has 1 amide bonds. The van der Waals surface area contributed by atoms with E-state index in [0.717, 1.165) is 31.6 Å². The number of amides is 1. The Kier molecular flexibility index (Phi) is 5.28. The monoisotopic (exact) mass is 330 g/mol. The first-order valence-corrected chi connectivity index (χ1v) is 8.94. The number of nitrogens with zero attached hydrogens (tertiary/aromatic N) is 2. The molecule has 0 aliphatic carbocycles. The molecule has 1 aliphatic heterocycles. The Morgan fingerprint density at radius 3 is 3.09 bits per heavy atom. The molecule has 0 radical (unpaired) electrons. The molecule has 1 unspecified atom stereocenters. The first-order chi connectivity index (χ1) is 11.2. The van der Waals surface area contributed by atoms with Crippen molar-refractivity contribution in [2.24, 2.45) is 0 Å². The van der Waals surface area contributed by atoms with Gasteiger partial charge in [0.25, 0.3) is 0 Å². The number of aryl methyl sites for hydroxylation is 1. The molecule has 1 aliphatic rings. The number of hydrogen-bond acceptors (Lipinski definition) is 4. The summed E-state index contributed by atoms with van der Waals surface area (Å²) in [6, 6.07) is 8.31. The smallest absolute Gasteiger partial charge is 0.223 e. The molecule has 0 aromatic carbocycles. The maximum absolute atomic E-state index is 12.5. The zero-order valence-electron chi connectivity index (χ0n) is 13.4. The van der Waals surface area contributed by atoms with Crippen molar-refractivity contribution in [1.82, 2.24) is 9.88 Å². The van der Waals surface area contributed by atoms with Gasteiger partial charge in [-0.2, -0.15) is 0 Å². The van der Waals surface area contributed by atoms with E-state index < -0.39 is 0 Å². The summed E-state index contributed by atoms with van der Waals surface area (Å²) in [7, 11) is 0. The molecule has 1 atom stereocenters. The minimum absolute atomic E-state index is 0.244. The van der Waals surface area contributed by atoms with Crippen molar-refractivity contribution in [2.45, 2.75) is 38.6 Å². The lowest BCUT2D eigenvalue weighted by Gasteiger charge is -2.24. The quantitative estimate of drug-likeness (QED) is 0.753. The van der Waals surface area contributed by atoms with Crippen molar-refractivity contribution in [1.29, 1.82) is 0 Å². The van der Waals surface area contributed by atoms with Crippen molar-refractivity contribution in [2.75, 3.05) is 13.2 Å². The Labute approximate surface area is 141 Å². The SMILES string of the molecule is Cc1ccc(C2CCCN2C(=O)CCCOc2cccnc2)s1. The van der Waals surface area contributed by atoms with Crippen LogP contribution in [0.15, 0.2) is 36.7 Å². The van der Waals surface area contributed by atoms with Gasteiger partial charge >= 0.3 is 0 Å². The third kappa shape index (κ3) is 4.10. The van der Waals surface area contributed by atoms with Gasteiger partial charge in [0, 0.05) is 28.9 Å². The Bertz CT molecular complexity index is 641. The first kappa shape index (κ1) is 16.0. The van der Waals surface area contributed by atoms with E-state index in [1.165, 1.54) is 9.75 Å². The van der Waals surface area contributed by atoms with E-state index >= 15 is 0 Å². The predicted molar refractivity (Wildman–Crippen MR) is 91.7 cm³/mol. The fourth-order valence-electron chi connectivity index (χ4n) is 2.98. The number of likely N-dealkylation sites (tertiary alicyclic amines) is 1. The van der Waals surface area contributed by atoms with E-state index in [0.29, 0.717) is 13.0 Å². The standard InChI is InChI=1S/C18H22N2O2S/c1-14-8-9-17(23-14)16-6-3-11-20(16)18(21)7-4-12-22-15-5-2-10-19-13-15/h2,5,8-10,13,16H,3-4,6-7,11-12H2,1H3. The largest absolute Gasteiger partial charge is 0.492 e. The van der Waals surface area contributed by atoms with Gasteiger partial charge in [0.1, 0.15) is 5.75 Å². The van der Waals surface area contributed by atoms with Crippen LogP contribution in [0.1, 0.15) is 41.5 Å². The molecule has 0 N–H and O–H groups in total. The summed E-state index contributed by atoms with van der Waals surface area (Å²) >= 11 is 1.81. The highest BCUT2D eigenvalue weighted by atomic mass is 32.1. The van der Waals surface area contributed by atoms with E-state index in [9.17, 15) is 4.79 Å². The summed E-state index contributed by atoms with van der Waals surface area (Å²) in [5, 5.41) is 0. The van der Waals surface area contributed by atoms with Gasteiger partial charge in [-0.05, 0) is 50.5 Å². The minimum Gasteiger partial charge on any atom is -0.492 e. The third-order valence-corrected chi connectivity index (χ3v) is 5.20. The fourth-order valence-corrected chi connectivity index (χ4v) is 4.01. The van der Waals surface area contributed by atoms with Gasteiger partial charge < -0.3 is 9.64 Å². The average molecular weight is 330 g/mol. The Hall–Kier alpha value is -1.88. The van der Waals surface area contributed by atoms with Gasteiger partial charge in [-0.3, -0.25) is 9.78 Å². The fraction of sp³-hybridized carbons (Fsp3) is 0.444. The van der Waals surface area contributed by atoms with Crippen LogP contribution in [-0.4, -0.2) is 28.9 Å². The molecule has 122 valence electrons. The molecule has 3 heterocycles. The zero-order valence-corrected chi connectivity index (χ0v) is 14.2. The number of rotatable bonds is 6. The highest BCUT2D eigenvalue weighted by molar-refractivity contribution is 7.12. The van der Waals surface area contributed by atoms with Crippen LogP contribution in [-0.2, 0) is 4.79 Å². The molecule has 1 fully saturated rings. The number of ether oxygens (including phenoxy) is 1. The lowest BCUT2D eigenvalue weighted by molar-refractivity contribution is -0.132. The van der Waals surface area contributed by atoms with Crippen molar-refractivity contribution < 1.29 is 9.53 Å². The van der Waals surface area contributed by atoms with Crippen LogP contribution < -0.4 is 4.74 Å². The van der Waals surface area contributed by atoms with Crippen LogP contribution in [0.3, 0.4) is 0 Å². The molecular formula is C18H22N2O2S. The number of thiophene rings is 1. The van der Waals surface area contributed by atoms with Crippen molar-refractivity contribution in [3.63, 3.8) is 0 Å². The molecule has 3 rings (SSSR count). The molecule has 4 nitrogen and oxygen atoms in total. The lowest BCUT2D eigenvalue weighted by Crippen LogP contribution is -2.30. The van der Waals surface area contributed by atoms with Gasteiger partial charge in [-0.15, -0.1) is 11.3 Å². The van der Waals surface area contributed by atoms with Crippen LogP contribution in [0.25, 0.3) is 0 Å². The molecule has 23 heavy (non-hydrogen) atoms. The van der Waals surface area contributed by atoms with Gasteiger partial charge in [0.2, 0.25) is 5.91 Å². The van der Waals surface area contributed by atoms with Crippen LogP contribution in [0.4, 0.5) is 0 Å². The molecule has 0 spiro atoms. The first-order valence-electron chi connectivity index (χ1n) is 8.12. The van der Waals surface area contributed by atoms with Gasteiger partial charge in [-0.1, -0.05) is 0 Å². The van der Waals surface area contributed by atoms with E-state index in [2.05, 4.69) is 28.9 Å². The topological polar surface area (TPSA) is 42.4 Å². The van der Waals surface area contributed by atoms with E-state index in [1.807, 2.05) is 12.1 Å². The maximum Gasteiger partial charge on any atom is 0.223 e. The van der Waals surface area contributed by atoms with E-state index in [-0.39, 0.29) is 11.9 Å². The lowest BCUT2D eigenvalue weighted by atomic mass is 10.1. The van der Waals surface area contributed by atoms with Crippen LogP contribution in [0.2, 0.25) is 0 Å². The highest BCUT2D eigenvalue weighted by Crippen LogP contribution is 2.36. The summed E-state index contributed by atoms with van der Waals surface area (Å²) in [6.45, 7) is 3.54. The van der Waals surface area contributed by atoms with E-state index in [4.69, 9.17) is 4.74 Å². The molecule has 2 aromatic rings. The summed E-state index contributed by atoms with van der Waals surface area (Å²) < 4.78 is 5.60. The number of carbonyl (C=O) groups excluding carboxylic acids is 1. The molecule has 2 aromatic heterocycles. The Morgan fingerprint density at radius 1 is 1.43 bits per heavy atom. The summed E-state index contributed by atoms with van der Waals surface area (Å²) in [5.74, 6) is 1.00. The minimum atomic E-state index is 0.244. The molecule has 0 saturated carbocycles. The summed E-state index contributed by atoms with van der Waals surface area (Å²) in [5.41, 5.74) is 0. The van der Waals surface area contributed by atoms with Crippen molar-refractivity contribution >= 4 is 17.2 Å². The van der Waals surface area contributed by atoms with Gasteiger partial charge in [0.15, 0.2) is 0 Å². The number of hydrogen-bond donors (Lipinski definition) is 0. The molecular weight excluding hydrogens is 308 g/mol. The van der Waals surface area contributed by atoms with E-state index in [1.54, 1.807) is 23.7 Å². The highest BCUT2D eigenvalue weighted by Gasteiger charge is 2.30. The van der Waals surface area contributed by atoms with Crippen LogP contribution in [0.5, 0.6) is 5.75 Å². The van der Waals surface area contributed by atoms with Gasteiger partial charge in [0.05, 0.1) is 18.8 Å². The number of carbonyl (C=O) groups is 1. The third-order valence-electron chi connectivity index (χ3n) is 4.10. The van der Waals surface area contributed by atoms with Crippen molar-refractivity contribution in [3.8, 4) is 5.75 Å². The maximum atomic E-state index is 12.5. The number of aromatic nitrogens is 1. The zero-order chi connectivity index (χ0) is 16.1.